The molecule has 1 atom stereocenters. The smallest absolute Gasteiger partial charge is 0.173 e. The molecule has 34 heavy (non-hydrogen) atoms. The molecule has 0 amide bonds. The lowest BCUT2D eigenvalue weighted by atomic mass is 10.0. The zero-order valence-electron chi connectivity index (χ0n) is 19.7. The van der Waals surface area contributed by atoms with E-state index < -0.39 is 0 Å². The van der Waals surface area contributed by atoms with Crippen molar-refractivity contribution in [2.75, 3.05) is 45.3 Å². The van der Waals surface area contributed by atoms with E-state index in [1.54, 1.807) is 14.2 Å². The maximum Gasteiger partial charge on any atom is 0.173 e. The Morgan fingerprint density at radius 2 is 1.62 bits per heavy atom. The maximum absolute atomic E-state index is 13.4. The zero-order valence-corrected chi connectivity index (χ0v) is 19.7. The molecular formula is C25H31FN6O2. The second kappa shape index (κ2) is 9.97. The van der Waals surface area contributed by atoms with Crippen LogP contribution in [0.15, 0.2) is 42.5 Å². The normalized spacial score (nSPS) is 18.3. The number of hydrogen-bond acceptors (Lipinski definition) is 7. The van der Waals surface area contributed by atoms with Crippen LogP contribution in [0.3, 0.4) is 0 Å². The Balaban J connectivity index is 1.46. The van der Waals surface area contributed by atoms with Gasteiger partial charge in [0.25, 0.3) is 0 Å². The Kier molecular flexibility index (Phi) is 6.62. The number of aromatic nitrogens is 4. The van der Waals surface area contributed by atoms with Gasteiger partial charge in [0, 0.05) is 31.9 Å². The maximum atomic E-state index is 13.4. The van der Waals surface area contributed by atoms with E-state index in [4.69, 9.17) is 9.47 Å². The molecule has 0 bridgehead atoms. The zero-order chi connectivity index (χ0) is 23.5. The summed E-state index contributed by atoms with van der Waals surface area (Å²) in [6, 6.07) is 13.0. The van der Waals surface area contributed by atoms with E-state index in [1.807, 2.05) is 28.9 Å². The molecule has 1 saturated carbocycles. The minimum atomic E-state index is -0.213. The van der Waals surface area contributed by atoms with Crippen LogP contribution < -0.4 is 14.4 Å². The van der Waals surface area contributed by atoms with E-state index in [0.29, 0.717) is 17.5 Å². The largest absolute Gasteiger partial charge is 0.493 e. The van der Waals surface area contributed by atoms with Crippen molar-refractivity contribution in [2.24, 2.45) is 0 Å². The van der Waals surface area contributed by atoms with Crippen molar-refractivity contribution >= 4 is 5.69 Å². The molecule has 0 N–H and O–H groups in total. The molecule has 1 aromatic heterocycles. The quantitative estimate of drug-likeness (QED) is 0.524. The topological polar surface area (TPSA) is 68.5 Å². The average molecular weight is 467 g/mol. The summed E-state index contributed by atoms with van der Waals surface area (Å²) in [4.78, 5) is 4.72. The van der Waals surface area contributed by atoms with Crippen molar-refractivity contribution in [3.8, 4) is 11.5 Å². The van der Waals surface area contributed by atoms with Crippen molar-refractivity contribution in [1.82, 2.24) is 25.1 Å². The number of methoxy groups -OCH3 is 2. The number of rotatable bonds is 7. The van der Waals surface area contributed by atoms with Crippen molar-refractivity contribution in [3.05, 3.63) is 59.7 Å². The Labute approximate surface area is 199 Å². The Morgan fingerprint density at radius 3 is 2.29 bits per heavy atom. The SMILES string of the molecule is COc1ccc([C@@H](c2nnnn2C2CCCC2)N2CCN(c3ccc(F)cc3)CC2)cc1OC. The van der Waals surface area contributed by atoms with Crippen molar-refractivity contribution in [2.45, 2.75) is 37.8 Å². The van der Waals surface area contributed by atoms with Gasteiger partial charge in [0.05, 0.1) is 26.3 Å². The van der Waals surface area contributed by atoms with Crippen LogP contribution in [0.5, 0.6) is 11.5 Å². The monoisotopic (exact) mass is 466 g/mol. The first-order valence-corrected chi connectivity index (χ1v) is 11.9. The molecule has 0 unspecified atom stereocenters. The summed E-state index contributed by atoms with van der Waals surface area (Å²) >= 11 is 0. The van der Waals surface area contributed by atoms with Crippen LogP contribution in [0, 0.1) is 5.82 Å². The predicted molar refractivity (Wildman–Crippen MR) is 127 cm³/mol. The fraction of sp³-hybridized carbons (Fsp3) is 0.480. The number of benzene rings is 2. The predicted octanol–water partition coefficient (Wildman–Crippen LogP) is 3.86. The highest BCUT2D eigenvalue weighted by Gasteiger charge is 2.33. The highest BCUT2D eigenvalue weighted by molar-refractivity contribution is 5.47. The highest BCUT2D eigenvalue weighted by atomic mass is 19.1. The fourth-order valence-electron chi connectivity index (χ4n) is 5.23. The molecule has 2 aromatic carbocycles. The van der Waals surface area contributed by atoms with Crippen molar-refractivity contribution in [3.63, 3.8) is 0 Å². The molecule has 1 saturated heterocycles. The lowest BCUT2D eigenvalue weighted by molar-refractivity contribution is 0.197. The van der Waals surface area contributed by atoms with E-state index in [2.05, 4.69) is 31.4 Å². The molecule has 0 spiro atoms. The van der Waals surface area contributed by atoms with Crippen LogP contribution in [0.25, 0.3) is 0 Å². The third kappa shape index (κ3) is 4.44. The molecular weight excluding hydrogens is 435 g/mol. The molecule has 8 nitrogen and oxygen atoms in total. The van der Waals surface area contributed by atoms with Gasteiger partial charge in [-0.2, -0.15) is 0 Å². The van der Waals surface area contributed by atoms with E-state index in [-0.39, 0.29) is 11.9 Å². The summed E-state index contributed by atoms with van der Waals surface area (Å²) < 4.78 is 26.5. The Morgan fingerprint density at radius 1 is 0.912 bits per heavy atom. The molecule has 1 aliphatic heterocycles. The minimum Gasteiger partial charge on any atom is -0.493 e. The lowest BCUT2D eigenvalue weighted by Gasteiger charge is -2.40. The number of nitrogens with zero attached hydrogens (tertiary/aromatic N) is 6. The number of ether oxygens (including phenoxy) is 2. The van der Waals surface area contributed by atoms with Gasteiger partial charge in [-0.05, 0) is 65.2 Å². The molecule has 1 aliphatic carbocycles. The molecule has 180 valence electrons. The first kappa shape index (κ1) is 22.6. The average Bonchev–Trinajstić information content (AvgIpc) is 3.57. The standard InChI is InChI=1S/C25H31FN6O2/c1-33-22-12-7-18(17-23(22)34-2)24(25-27-28-29-32(25)21-5-3-4-6-21)31-15-13-30(14-16-31)20-10-8-19(26)9-11-20/h7-12,17,21,24H,3-6,13-16H2,1-2H3/t24-/m0/s1. The van der Waals surface area contributed by atoms with Gasteiger partial charge in [-0.1, -0.05) is 18.9 Å². The second-order valence-corrected chi connectivity index (χ2v) is 8.94. The Hall–Kier alpha value is -3.20. The molecule has 2 heterocycles. The number of tetrazole rings is 1. The van der Waals surface area contributed by atoms with Crippen LogP contribution in [0.4, 0.5) is 10.1 Å². The number of anilines is 1. The van der Waals surface area contributed by atoms with Crippen LogP contribution >= 0.6 is 0 Å². The molecule has 5 rings (SSSR count). The minimum absolute atomic E-state index is 0.106. The van der Waals surface area contributed by atoms with Crippen LogP contribution in [0.2, 0.25) is 0 Å². The van der Waals surface area contributed by atoms with Gasteiger partial charge >= 0.3 is 0 Å². The fourth-order valence-corrected chi connectivity index (χ4v) is 5.23. The first-order valence-electron chi connectivity index (χ1n) is 11.9. The first-order chi connectivity index (χ1) is 16.7. The molecule has 2 fully saturated rings. The van der Waals surface area contributed by atoms with Gasteiger partial charge in [0.1, 0.15) is 5.82 Å². The summed E-state index contributed by atoms with van der Waals surface area (Å²) in [5.74, 6) is 2.04. The third-order valence-electron chi connectivity index (χ3n) is 7.03. The molecule has 0 radical (unpaired) electrons. The van der Waals surface area contributed by atoms with Gasteiger partial charge in [-0.25, -0.2) is 9.07 Å². The van der Waals surface area contributed by atoms with Crippen LogP contribution in [0.1, 0.15) is 49.2 Å². The summed E-state index contributed by atoms with van der Waals surface area (Å²) in [5, 5.41) is 13.0. The van der Waals surface area contributed by atoms with E-state index >= 15 is 0 Å². The number of hydrogen-bond donors (Lipinski definition) is 0. The summed E-state index contributed by atoms with van der Waals surface area (Å²) in [6.07, 6.45) is 4.63. The van der Waals surface area contributed by atoms with Gasteiger partial charge in [0.15, 0.2) is 17.3 Å². The molecule has 3 aromatic rings. The van der Waals surface area contributed by atoms with E-state index in [1.165, 1.54) is 25.0 Å². The van der Waals surface area contributed by atoms with Crippen LogP contribution in [-0.4, -0.2) is 65.5 Å². The van der Waals surface area contributed by atoms with Gasteiger partial charge in [0.2, 0.25) is 0 Å². The molecule has 2 aliphatic rings. The van der Waals surface area contributed by atoms with E-state index in [9.17, 15) is 4.39 Å². The summed E-state index contributed by atoms with van der Waals surface area (Å²) in [7, 11) is 3.30. The third-order valence-corrected chi connectivity index (χ3v) is 7.03. The summed E-state index contributed by atoms with van der Waals surface area (Å²) in [6.45, 7) is 3.32. The molecule has 9 heteroatoms. The summed E-state index contributed by atoms with van der Waals surface area (Å²) in [5.41, 5.74) is 2.11. The van der Waals surface area contributed by atoms with Gasteiger partial charge < -0.3 is 14.4 Å². The second-order valence-electron chi connectivity index (χ2n) is 8.94. The van der Waals surface area contributed by atoms with Crippen LogP contribution in [-0.2, 0) is 0 Å². The Bertz CT molecular complexity index is 1090. The highest BCUT2D eigenvalue weighted by Crippen LogP contribution is 2.37. The number of halogens is 1. The van der Waals surface area contributed by atoms with Gasteiger partial charge in [-0.15, -0.1) is 5.10 Å². The number of piperazine rings is 1. The van der Waals surface area contributed by atoms with Crippen molar-refractivity contribution < 1.29 is 13.9 Å². The lowest BCUT2D eigenvalue weighted by Crippen LogP contribution is -2.48. The van der Waals surface area contributed by atoms with E-state index in [0.717, 1.165) is 56.1 Å². The van der Waals surface area contributed by atoms with Gasteiger partial charge in [-0.3, -0.25) is 4.90 Å². The van der Waals surface area contributed by atoms with Crippen molar-refractivity contribution in [1.29, 1.82) is 0 Å².